The summed E-state index contributed by atoms with van der Waals surface area (Å²) in [5, 5.41) is 3.95. The average Bonchev–Trinajstić information content (AvgIpc) is 2.65. The molecule has 1 aromatic heterocycles. The van der Waals surface area contributed by atoms with Crippen LogP contribution in [0.2, 0.25) is 0 Å². The van der Waals surface area contributed by atoms with Gasteiger partial charge in [0.15, 0.2) is 0 Å². The summed E-state index contributed by atoms with van der Waals surface area (Å²) in [7, 11) is 0. The van der Waals surface area contributed by atoms with E-state index in [1.165, 1.54) is 101 Å². The molecule has 0 amide bonds. The molecule has 0 bridgehead atoms. The highest BCUT2D eigenvalue weighted by atomic mass is 15.1. The molecule has 0 saturated heterocycles. The molecule has 3 heteroatoms. The van der Waals surface area contributed by atoms with Crippen molar-refractivity contribution >= 4 is 5.69 Å². The van der Waals surface area contributed by atoms with Crippen molar-refractivity contribution in [3.8, 4) is 0 Å². The fourth-order valence-corrected chi connectivity index (χ4v) is 4.56. The number of aromatic nitrogens is 1. The number of aryl methyl sites for hydroxylation is 2. The number of hydrogen-bond acceptors (Lipinski definition) is 3. The molecule has 1 N–H and O–H groups in total. The summed E-state index contributed by atoms with van der Waals surface area (Å²) in [5.74, 6) is 0. The molecule has 1 heterocycles. The Kier molecular flexibility index (Phi) is 6.75. The van der Waals surface area contributed by atoms with Crippen molar-refractivity contribution < 1.29 is 0 Å². The maximum absolute atomic E-state index is 5.08. The molecule has 0 radical (unpaired) electrons. The van der Waals surface area contributed by atoms with E-state index in [0.717, 1.165) is 0 Å². The van der Waals surface area contributed by atoms with E-state index < -0.39 is 0 Å². The van der Waals surface area contributed by atoms with Gasteiger partial charge in [-0.25, -0.2) is 0 Å². The van der Waals surface area contributed by atoms with E-state index in [9.17, 15) is 0 Å². The molecule has 3 nitrogen and oxygen atoms in total. The number of anilines is 1. The lowest BCUT2D eigenvalue weighted by Gasteiger charge is -2.29. The van der Waals surface area contributed by atoms with Crippen LogP contribution in [0.15, 0.2) is 0 Å². The molecule has 0 spiro atoms. The second kappa shape index (κ2) is 9.02. The van der Waals surface area contributed by atoms with E-state index in [1.807, 2.05) is 0 Å². The van der Waals surface area contributed by atoms with E-state index in [1.54, 1.807) is 11.1 Å². The monoisotopic (exact) mass is 343 g/mol. The molecule has 0 saturated carbocycles. The highest BCUT2D eigenvalue weighted by molar-refractivity contribution is 5.62. The van der Waals surface area contributed by atoms with Crippen LogP contribution in [0.4, 0.5) is 5.69 Å². The molecule has 3 rings (SSSR count). The first-order valence-corrected chi connectivity index (χ1v) is 10.7. The van der Waals surface area contributed by atoms with Crippen LogP contribution in [0.3, 0.4) is 0 Å². The quantitative estimate of drug-likeness (QED) is 0.737. The summed E-state index contributed by atoms with van der Waals surface area (Å²) in [6.45, 7) is 10.5. The third-order valence-corrected chi connectivity index (χ3v) is 6.15. The third kappa shape index (κ3) is 4.55. The van der Waals surface area contributed by atoms with Gasteiger partial charge in [-0.1, -0.05) is 13.8 Å². The molecule has 25 heavy (non-hydrogen) atoms. The smallest absolute Gasteiger partial charge is 0.0459 e. The summed E-state index contributed by atoms with van der Waals surface area (Å²) in [5.41, 5.74) is 7.43. The Morgan fingerprint density at radius 1 is 0.920 bits per heavy atom. The highest BCUT2D eigenvalue weighted by Gasteiger charge is 2.24. The first-order valence-electron chi connectivity index (χ1n) is 10.7. The van der Waals surface area contributed by atoms with Gasteiger partial charge >= 0.3 is 0 Å². The van der Waals surface area contributed by atoms with Crippen molar-refractivity contribution in [3.63, 3.8) is 0 Å². The molecule has 0 fully saturated rings. The summed E-state index contributed by atoms with van der Waals surface area (Å²) in [6.07, 6.45) is 12.7. The molecule has 2 aliphatic rings. The zero-order valence-corrected chi connectivity index (χ0v) is 16.7. The van der Waals surface area contributed by atoms with Gasteiger partial charge in [0.05, 0.1) is 0 Å². The Balaban J connectivity index is 1.70. The van der Waals surface area contributed by atoms with Crippen LogP contribution >= 0.6 is 0 Å². The summed E-state index contributed by atoms with van der Waals surface area (Å²) >= 11 is 0. The van der Waals surface area contributed by atoms with Gasteiger partial charge in [-0.3, -0.25) is 4.98 Å². The van der Waals surface area contributed by atoms with E-state index >= 15 is 0 Å². The minimum atomic E-state index is 0.551. The molecule has 1 aromatic rings. The van der Waals surface area contributed by atoms with Crippen LogP contribution in [-0.2, 0) is 25.7 Å². The van der Waals surface area contributed by atoms with Crippen LogP contribution in [0.5, 0.6) is 0 Å². The Labute approximate surface area is 154 Å². The molecule has 2 aliphatic carbocycles. The number of hydrogen-bond donors (Lipinski definition) is 1. The molecule has 0 aromatic carbocycles. The SMILES string of the molecule is CCN(CC)CCC[C@H](C)Nc1c2c(nc3c1CCCC3)CCCC2. The van der Waals surface area contributed by atoms with Gasteiger partial charge in [0.1, 0.15) is 0 Å². The van der Waals surface area contributed by atoms with Gasteiger partial charge in [-0.05, 0) is 102 Å². The number of nitrogens with zero attached hydrogens (tertiary/aromatic N) is 2. The molecule has 140 valence electrons. The second-order valence-electron chi connectivity index (χ2n) is 7.97. The Morgan fingerprint density at radius 3 is 2.04 bits per heavy atom. The van der Waals surface area contributed by atoms with Crippen LogP contribution < -0.4 is 5.32 Å². The standard InChI is InChI=1S/C22H37N3/c1-4-25(5-2)16-10-11-17(3)23-22-18-12-6-8-14-20(18)24-21-15-9-7-13-19(21)22/h17H,4-16H2,1-3H3,(H,23,24)/t17-/m0/s1. The maximum Gasteiger partial charge on any atom is 0.0459 e. The minimum absolute atomic E-state index is 0.551. The Hall–Kier alpha value is -1.09. The van der Waals surface area contributed by atoms with E-state index in [4.69, 9.17) is 4.98 Å². The fraction of sp³-hybridized carbons (Fsp3) is 0.773. The average molecular weight is 344 g/mol. The van der Waals surface area contributed by atoms with Gasteiger partial charge in [-0.2, -0.15) is 0 Å². The molecule has 0 unspecified atom stereocenters. The van der Waals surface area contributed by atoms with Crippen LogP contribution in [0.25, 0.3) is 0 Å². The van der Waals surface area contributed by atoms with Crippen LogP contribution in [-0.4, -0.2) is 35.6 Å². The number of pyridine rings is 1. The lowest BCUT2D eigenvalue weighted by Crippen LogP contribution is -2.26. The number of fused-ring (bicyclic) bond motifs is 2. The molecular weight excluding hydrogens is 306 g/mol. The van der Waals surface area contributed by atoms with Crippen molar-refractivity contribution in [2.75, 3.05) is 25.0 Å². The predicted molar refractivity (Wildman–Crippen MR) is 108 cm³/mol. The largest absolute Gasteiger partial charge is 0.382 e. The van der Waals surface area contributed by atoms with Gasteiger partial charge < -0.3 is 10.2 Å². The van der Waals surface area contributed by atoms with Gasteiger partial charge in [0.25, 0.3) is 0 Å². The lowest BCUT2D eigenvalue weighted by atomic mass is 9.87. The van der Waals surface area contributed by atoms with Crippen LogP contribution in [0.1, 0.15) is 81.8 Å². The zero-order valence-electron chi connectivity index (χ0n) is 16.7. The first-order chi connectivity index (χ1) is 12.2. The van der Waals surface area contributed by atoms with E-state index in [0.29, 0.717) is 6.04 Å². The van der Waals surface area contributed by atoms with Gasteiger partial charge in [-0.15, -0.1) is 0 Å². The van der Waals surface area contributed by atoms with Crippen molar-refractivity contribution in [3.05, 3.63) is 22.5 Å². The topological polar surface area (TPSA) is 28.2 Å². The first kappa shape index (κ1) is 18.7. The Morgan fingerprint density at radius 2 is 1.48 bits per heavy atom. The fourth-order valence-electron chi connectivity index (χ4n) is 4.56. The second-order valence-corrected chi connectivity index (χ2v) is 7.97. The van der Waals surface area contributed by atoms with E-state index in [-0.39, 0.29) is 0 Å². The highest BCUT2D eigenvalue weighted by Crippen LogP contribution is 2.35. The van der Waals surface area contributed by atoms with Crippen molar-refractivity contribution in [1.82, 2.24) is 9.88 Å². The lowest BCUT2D eigenvalue weighted by molar-refractivity contribution is 0.295. The Bertz CT molecular complexity index is 529. The van der Waals surface area contributed by atoms with E-state index in [2.05, 4.69) is 31.0 Å². The normalized spacial score (nSPS) is 17.9. The van der Waals surface area contributed by atoms with Crippen LogP contribution in [0, 0.1) is 0 Å². The van der Waals surface area contributed by atoms with Gasteiger partial charge in [0.2, 0.25) is 0 Å². The van der Waals surface area contributed by atoms with Crippen molar-refractivity contribution in [2.24, 2.45) is 0 Å². The summed E-state index contributed by atoms with van der Waals surface area (Å²) < 4.78 is 0. The number of rotatable bonds is 8. The summed E-state index contributed by atoms with van der Waals surface area (Å²) in [4.78, 5) is 7.61. The zero-order chi connectivity index (χ0) is 17.6. The minimum Gasteiger partial charge on any atom is -0.382 e. The molecule has 0 aliphatic heterocycles. The molecular formula is C22H37N3. The molecule has 1 atom stereocenters. The summed E-state index contributed by atoms with van der Waals surface area (Å²) in [6, 6.07) is 0.551. The van der Waals surface area contributed by atoms with Crippen molar-refractivity contribution in [2.45, 2.75) is 91.0 Å². The maximum atomic E-state index is 5.08. The predicted octanol–water partition coefficient (Wildman–Crippen LogP) is 4.76. The number of nitrogens with one attached hydrogen (secondary N) is 1. The third-order valence-electron chi connectivity index (χ3n) is 6.15. The van der Waals surface area contributed by atoms with Gasteiger partial charge in [0, 0.05) is 23.1 Å². The van der Waals surface area contributed by atoms with Crippen molar-refractivity contribution in [1.29, 1.82) is 0 Å².